The van der Waals surface area contributed by atoms with Gasteiger partial charge in [0.1, 0.15) is 0 Å². The van der Waals surface area contributed by atoms with E-state index in [1.807, 2.05) is 26.0 Å². The van der Waals surface area contributed by atoms with Gasteiger partial charge in [0.15, 0.2) is 11.5 Å². The number of amides is 2. The Kier molecular flexibility index (Phi) is 4.66. The zero-order chi connectivity index (χ0) is 17.2. The van der Waals surface area contributed by atoms with Gasteiger partial charge < -0.3 is 25.0 Å². The quantitative estimate of drug-likeness (QED) is 0.833. The maximum Gasteiger partial charge on any atom is 0.319 e. The molecule has 3 rings (SSSR count). The minimum Gasteiger partial charge on any atom is -0.449 e. The van der Waals surface area contributed by atoms with Gasteiger partial charge in [0.05, 0.1) is 0 Å². The number of hydrogen-bond acceptors (Lipinski definition) is 4. The van der Waals surface area contributed by atoms with E-state index in [4.69, 9.17) is 9.47 Å². The van der Waals surface area contributed by atoms with Gasteiger partial charge in [0.2, 0.25) is 5.79 Å². The number of nitrogens with zero attached hydrogens (tertiary/aromatic N) is 1. The van der Waals surface area contributed by atoms with Crippen molar-refractivity contribution in [1.29, 1.82) is 0 Å². The lowest BCUT2D eigenvalue weighted by atomic mass is 10.1. The summed E-state index contributed by atoms with van der Waals surface area (Å²) in [6.07, 6.45) is 3.92. The topological polar surface area (TPSA) is 62.8 Å². The Morgan fingerprint density at radius 1 is 1.33 bits per heavy atom. The first-order valence-electron chi connectivity index (χ1n) is 8.41. The highest BCUT2D eigenvalue weighted by molar-refractivity contribution is 5.89. The molecule has 130 valence electrons. The van der Waals surface area contributed by atoms with E-state index in [1.54, 1.807) is 6.07 Å². The van der Waals surface area contributed by atoms with Gasteiger partial charge in [-0.15, -0.1) is 0 Å². The summed E-state index contributed by atoms with van der Waals surface area (Å²) in [5.41, 5.74) is 1.96. The van der Waals surface area contributed by atoms with Crippen LogP contribution in [0.15, 0.2) is 29.8 Å². The fraction of sp³-hybridized carbons (Fsp3) is 0.500. The molecule has 0 radical (unpaired) electrons. The van der Waals surface area contributed by atoms with Crippen molar-refractivity contribution in [2.75, 3.05) is 32.0 Å². The number of anilines is 1. The Bertz CT molecular complexity index is 659. The molecule has 0 aromatic heterocycles. The van der Waals surface area contributed by atoms with Crippen LogP contribution in [0.5, 0.6) is 11.5 Å². The number of likely N-dealkylation sites (N-methyl/N-ethyl adjacent to an activating group) is 1. The molecule has 2 amide bonds. The van der Waals surface area contributed by atoms with Gasteiger partial charge in [-0.05, 0) is 25.6 Å². The Labute approximate surface area is 142 Å². The van der Waals surface area contributed by atoms with E-state index >= 15 is 0 Å². The zero-order valence-corrected chi connectivity index (χ0v) is 14.5. The van der Waals surface area contributed by atoms with Crippen LogP contribution in [-0.4, -0.2) is 43.4 Å². The molecule has 0 spiro atoms. The summed E-state index contributed by atoms with van der Waals surface area (Å²) in [6, 6.07) is 5.22. The molecule has 1 atom stereocenters. The molecule has 6 nitrogen and oxygen atoms in total. The lowest BCUT2D eigenvalue weighted by molar-refractivity contribution is -0.0640. The summed E-state index contributed by atoms with van der Waals surface area (Å²) >= 11 is 0. The minimum absolute atomic E-state index is 0.216. The second kappa shape index (κ2) is 6.73. The number of hydrogen-bond donors (Lipinski definition) is 2. The second-order valence-corrected chi connectivity index (χ2v) is 6.54. The molecule has 0 fully saturated rings. The normalized spacial score (nSPS) is 22.9. The molecular weight excluding hydrogens is 306 g/mol. The number of nitrogens with one attached hydrogen (secondary N) is 2. The number of fused-ring (bicyclic) bond motifs is 1. The highest BCUT2D eigenvalue weighted by atomic mass is 16.7. The van der Waals surface area contributed by atoms with Gasteiger partial charge in [-0.25, -0.2) is 4.79 Å². The summed E-state index contributed by atoms with van der Waals surface area (Å²) in [7, 11) is 2.09. The van der Waals surface area contributed by atoms with E-state index in [1.165, 1.54) is 5.57 Å². The highest BCUT2D eigenvalue weighted by Gasteiger charge is 2.34. The first-order chi connectivity index (χ1) is 11.5. The number of benzene rings is 1. The summed E-state index contributed by atoms with van der Waals surface area (Å²) in [5, 5.41) is 5.74. The fourth-order valence-corrected chi connectivity index (χ4v) is 2.72. The molecule has 2 N–H and O–H groups in total. The average molecular weight is 331 g/mol. The van der Waals surface area contributed by atoms with E-state index in [2.05, 4.69) is 28.7 Å². The molecule has 0 aliphatic carbocycles. The van der Waals surface area contributed by atoms with Crippen LogP contribution in [0.25, 0.3) is 0 Å². The molecule has 2 aliphatic rings. The number of rotatable bonds is 4. The van der Waals surface area contributed by atoms with Gasteiger partial charge in [-0.1, -0.05) is 18.6 Å². The van der Waals surface area contributed by atoms with Gasteiger partial charge in [-0.2, -0.15) is 0 Å². The number of carbonyl (C=O) groups excluding carboxylic acids is 1. The average Bonchev–Trinajstić information content (AvgIpc) is 2.91. The van der Waals surface area contributed by atoms with Crippen molar-refractivity contribution < 1.29 is 14.3 Å². The number of urea groups is 1. The summed E-state index contributed by atoms with van der Waals surface area (Å²) in [6.45, 7) is 6.47. The van der Waals surface area contributed by atoms with E-state index in [9.17, 15) is 4.79 Å². The van der Waals surface area contributed by atoms with Gasteiger partial charge in [0.25, 0.3) is 0 Å². The molecule has 0 bridgehead atoms. The monoisotopic (exact) mass is 331 g/mol. The third-order valence-corrected chi connectivity index (χ3v) is 4.48. The smallest absolute Gasteiger partial charge is 0.319 e. The minimum atomic E-state index is -0.621. The summed E-state index contributed by atoms with van der Waals surface area (Å²) < 4.78 is 11.6. The van der Waals surface area contributed by atoms with Crippen LogP contribution in [0.4, 0.5) is 10.5 Å². The van der Waals surface area contributed by atoms with E-state index < -0.39 is 5.79 Å². The van der Waals surface area contributed by atoms with Gasteiger partial charge >= 0.3 is 6.03 Å². The Balaban J connectivity index is 1.54. The van der Waals surface area contributed by atoms with Crippen molar-refractivity contribution in [1.82, 2.24) is 10.2 Å². The maximum absolute atomic E-state index is 12.1. The molecule has 2 heterocycles. The van der Waals surface area contributed by atoms with Crippen LogP contribution in [-0.2, 0) is 0 Å². The van der Waals surface area contributed by atoms with Crippen molar-refractivity contribution in [3.05, 3.63) is 29.8 Å². The first kappa shape index (κ1) is 16.6. The lowest BCUT2D eigenvalue weighted by Crippen LogP contribution is -2.33. The number of ether oxygens (including phenoxy) is 2. The van der Waals surface area contributed by atoms with E-state index in [0.717, 1.165) is 25.9 Å². The second-order valence-electron chi connectivity index (χ2n) is 6.54. The highest BCUT2D eigenvalue weighted by Crippen LogP contribution is 2.41. The van der Waals surface area contributed by atoms with Crippen molar-refractivity contribution in [3.63, 3.8) is 0 Å². The third kappa shape index (κ3) is 3.82. The molecule has 24 heavy (non-hydrogen) atoms. The van der Waals surface area contributed by atoms with Crippen molar-refractivity contribution in [2.45, 2.75) is 32.5 Å². The Morgan fingerprint density at radius 2 is 2.12 bits per heavy atom. The van der Waals surface area contributed by atoms with Crippen molar-refractivity contribution >= 4 is 11.7 Å². The van der Waals surface area contributed by atoms with Crippen LogP contribution < -0.4 is 20.1 Å². The predicted molar refractivity (Wildman–Crippen MR) is 93.6 cm³/mol. The maximum atomic E-state index is 12.1. The third-order valence-electron chi connectivity index (χ3n) is 4.48. The standard InChI is InChI=1S/C18H25N3O3/c1-4-18(2)23-15-6-5-14(11-16(15)24-18)20-17(22)19-12-13-7-9-21(3)10-8-13/h5-7,11H,4,8-10,12H2,1-3H3,(H2,19,20,22)/t18-/m0/s1. The van der Waals surface area contributed by atoms with E-state index in [0.29, 0.717) is 23.7 Å². The Morgan fingerprint density at radius 3 is 2.83 bits per heavy atom. The van der Waals surface area contributed by atoms with Gasteiger partial charge in [0, 0.05) is 44.7 Å². The zero-order valence-electron chi connectivity index (χ0n) is 14.5. The van der Waals surface area contributed by atoms with Crippen LogP contribution in [0.1, 0.15) is 26.7 Å². The number of carbonyl (C=O) groups is 1. The summed E-state index contributed by atoms with van der Waals surface area (Å²) in [5.74, 6) is 0.751. The van der Waals surface area contributed by atoms with Crippen LogP contribution in [0.3, 0.4) is 0 Å². The molecule has 1 aromatic carbocycles. The van der Waals surface area contributed by atoms with Gasteiger partial charge in [-0.3, -0.25) is 0 Å². The SMILES string of the molecule is CC[C@@]1(C)Oc2ccc(NC(=O)NCC3=CCN(C)CC3)cc2O1. The van der Waals surface area contributed by atoms with Crippen molar-refractivity contribution in [2.24, 2.45) is 0 Å². The largest absolute Gasteiger partial charge is 0.449 e. The van der Waals surface area contributed by atoms with Crippen molar-refractivity contribution in [3.8, 4) is 11.5 Å². The molecule has 0 unspecified atom stereocenters. The van der Waals surface area contributed by atoms with Crippen LogP contribution in [0.2, 0.25) is 0 Å². The van der Waals surface area contributed by atoms with Crippen LogP contribution >= 0.6 is 0 Å². The molecule has 0 saturated carbocycles. The Hall–Kier alpha value is -2.21. The first-order valence-corrected chi connectivity index (χ1v) is 8.41. The lowest BCUT2D eigenvalue weighted by Gasteiger charge is -2.22. The predicted octanol–water partition coefficient (Wildman–Crippen LogP) is 2.97. The summed E-state index contributed by atoms with van der Waals surface area (Å²) in [4.78, 5) is 14.3. The molecule has 1 aromatic rings. The van der Waals surface area contributed by atoms with Crippen LogP contribution in [0, 0.1) is 0 Å². The molecule has 2 aliphatic heterocycles. The van der Waals surface area contributed by atoms with E-state index in [-0.39, 0.29) is 6.03 Å². The molecule has 6 heteroatoms. The molecular formula is C18H25N3O3. The fourth-order valence-electron chi connectivity index (χ4n) is 2.72. The molecule has 0 saturated heterocycles.